The molecule has 3 nitrogen and oxygen atoms in total. The molecule has 0 spiro atoms. The summed E-state index contributed by atoms with van der Waals surface area (Å²) in [6.07, 6.45) is 0.598. The van der Waals surface area contributed by atoms with Gasteiger partial charge in [-0.05, 0) is 29.0 Å². The Bertz CT molecular complexity index is 624. The summed E-state index contributed by atoms with van der Waals surface area (Å²) in [5.41, 5.74) is 6.71. The monoisotopic (exact) mass is 294 g/mol. The predicted octanol–water partition coefficient (Wildman–Crippen LogP) is 4.43. The molecule has 2 rings (SSSR count). The number of hydrogen-bond acceptors (Lipinski definition) is 3. The Morgan fingerprint density at radius 2 is 1.76 bits per heavy atom. The number of rotatable bonds is 3. The molecule has 114 valence electrons. The van der Waals surface area contributed by atoms with Crippen LogP contribution in [-0.2, 0) is 6.42 Å². The lowest BCUT2D eigenvalue weighted by Crippen LogP contribution is -2.19. The van der Waals surface area contributed by atoms with E-state index < -0.39 is 11.6 Å². The molecule has 5 heteroatoms. The molecule has 2 aromatic rings. The molecule has 0 aliphatic rings. The van der Waals surface area contributed by atoms with Gasteiger partial charge in [-0.1, -0.05) is 32.9 Å². The van der Waals surface area contributed by atoms with Crippen LogP contribution < -0.4 is 5.73 Å². The Balaban J connectivity index is 2.43. The summed E-state index contributed by atoms with van der Waals surface area (Å²) in [7, 11) is 0. The van der Waals surface area contributed by atoms with Crippen LogP contribution in [0.4, 0.5) is 14.6 Å². The van der Waals surface area contributed by atoms with Gasteiger partial charge in [0.05, 0.1) is 5.56 Å². The van der Waals surface area contributed by atoms with E-state index in [1.165, 1.54) is 12.1 Å². The fourth-order valence-corrected chi connectivity index (χ4v) is 2.07. The van der Waals surface area contributed by atoms with E-state index in [1.807, 2.05) is 0 Å². The van der Waals surface area contributed by atoms with Crippen molar-refractivity contribution < 1.29 is 13.3 Å². The molecule has 0 saturated carbocycles. The number of nitrogens with two attached hydrogens (primary N) is 1. The normalized spacial score (nSPS) is 13.4. The van der Waals surface area contributed by atoms with Crippen molar-refractivity contribution in [3.05, 3.63) is 35.6 Å². The molecule has 21 heavy (non-hydrogen) atoms. The molecule has 0 amide bonds. The molecule has 0 fully saturated rings. The van der Waals surface area contributed by atoms with E-state index in [0.717, 1.165) is 6.07 Å². The standard InChI is InChI=1S/C16H20F2N2O/c1-9(16(2,3)4)5-13-14(15(19)20-21-13)10-6-11(17)8-12(18)7-10/h6-9H,5H2,1-4H3,(H2,19,20). The molecule has 1 atom stereocenters. The highest BCUT2D eigenvalue weighted by molar-refractivity contribution is 5.75. The summed E-state index contributed by atoms with van der Waals surface area (Å²) in [6, 6.07) is 3.29. The van der Waals surface area contributed by atoms with Crippen LogP contribution in [0.15, 0.2) is 22.7 Å². The summed E-state index contributed by atoms with van der Waals surface area (Å²) < 4.78 is 32.1. The molecule has 0 radical (unpaired) electrons. The highest BCUT2D eigenvalue weighted by Gasteiger charge is 2.25. The highest BCUT2D eigenvalue weighted by Crippen LogP contribution is 2.35. The minimum Gasteiger partial charge on any atom is -0.380 e. The van der Waals surface area contributed by atoms with Crippen LogP contribution in [0, 0.1) is 23.0 Å². The molecule has 0 bridgehead atoms. The SMILES string of the molecule is CC(Cc1onc(N)c1-c1cc(F)cc(F)c1)C(C)(C)C. The fraction of sp³-hybridized carbons (Fsp3) is 0.438. The van der Waals surface area contributed by atoms with E-state index in [0.29, 0.717) is 29.2 Å². The lowest BCUT2D eigenvalue weighted by Gasteiger charge is -2.26. The van der Waals surface area contributed by atoms with Gasteiger partial charge in [-0.15, -0.1) is 0 Å². The van der Waals surface area contributed by atoms with Crippen LogP contribution in [0.5, 0.6) is 0 Å². The summed E-state index contributed by atoms with van der Waals surface area (Å²) in [5, 5.41) is 3.75. The average molecular weight is 294 g/mol. The zero-order chi connectivity index (χ0) is 15.8. The summed E-state index contributed by atoms with van der Waals surface area (Å²) in [6.45, 7) is 8.46. The second-order valence-electron chi connectivity index (χ2n) is 6.50. The number of benzene rings is 1. The first-order chi connectivity index (χ1) is 9.68. The quantitative estimate of drug-likeness (QED) is 0.911. The Morgan fingerprint density at radius 3 is 2.29 bits per heavy atom. The molecular formula is C16H20F2N2O. The Hall–Kier alpha value is -1.91. The van der Waals surface area contributed by atoms with E-state index in [-0.39, 0.29) is 11.2 Å². The van der Waals surface area contributed by atoms with Crippen molar-refractivity contribution in [3.8, 4) is 11.1 Å². The van der Waals surface area contributed by atoms with Crippen LogP contribution in [0.25, 0.3) is 11.1 Å². The van der Waals surface area contributed by atoms with Crippen molar-refractivity contribution >= 4 is 5.82 Å². The molecule has 1 unspecified atom stereocenters. The Labute approximate surface area is 123 Å². The predicted molar refractivity (Wildman–Crippen MR) is 78.6 cm³/mol. The minimum atomic E-state index is -0.652. The van der Waals surface area contributed by atoms with Gasteiger partial charge in [0.1, 0.15) is 17.4 Å². The van der Waals surface area contributed by atoms with Gasteiger partial charge < -0.3 is 10.3 Å². The molecule has 0 saturated heterocycles. The number of aromatic nitrogens is 1. The minimum absolute atomic E-state index is 0.0754. The smallest absolute Gasteiger partial charge is 0.175 e. The number of nitrogens with zero attached hydrogens (tertiary/aromatic N) is 1. The molecule has 1 aromatic carbocycles. The van der Waals surface area contributed by atoms with Crippen LogP contribution in [0.1, 0.15) is 33.5 Å². The third kappa shape index (κ3) is 3.40. The van der Waals surface area contributed by atoms with Gasteiger partial charge in [-0.3, -0.25) is 0 Å². The van der Waals surface area contributed by atoms with Crippen molar-refractivity contribution in [3.63, 3.8) is 0 Å². The van der Waals surface area contributed by atoms with Crippen molar-refractivity contribution in [1.82, 2.24) is 5.16 Å². The van der Waals surface area contributed by atoms with Crippen LogP contribution in [-0.4, -0.2) is 5.16 Å². The number of halogens is 2. The third-order valence-electron chi connectivity index (χ3n) is 3.91. The summed E-state index contributed by atoms with van der Waals surface area (Å²) in [4.78, 5) is 0. The van der Waals surface area contributed by atoms with Gasteiger partial charge in [0.2, 0.25) is 0 Å². The van der Waals surface area contributed by atoms with Crippen LogP contribution >= 0.6 is 0 Å². The van der Waals surface area contributed by atoms with Crippen LogP contribution in [0.3, 0.4) is 0 Å². The zero-order valence-electron chi connectivity index (χ0n) is 12.7. The van der Waals surface area contributed by atoms with Crippen molar-refractivity contribution in [2.75, 3.05) is 5.73 Å². The van der Waals surface area contributed by atoms with Crippen molar-refractivity contribution in [2.45, 2.75) is 34.1 Å². The maximum absolute atomic E-state index is 13.4. The van der Waals surface area contributed by atoms with Crippen LogP contribution in [0.2, 0.25) is 0 Å². The molecule has 1 heterocycles. The lowest BCUT2D eigenvalue weighted by molar-refractivity contribution is 0.240. The molecule has 0 aliphatic carbocycles. The highest BCUT2D eigenvalue weighted by atomic mass is 19.1. The zero-order valence-corrected chi connectivity index (χ0v) is 12.7. The van der Waals surface area contributed by atoms with Gasteiger partial charge in [0.25, 0.3) is 0 Å². The van der Waals surface area contributed by atoms with E-state index in [1.54, 1.807) is 0 Å². The van der Waals surface area contributed by atoms with E-state index in [9.17, 15) is 8.78 Å². The van der Waals surface area contributed by atoms with E-state index in [4.69, 9.17) is 10.3 Å². The molecular weight excluding hydrogens is 274 g/mol. The molecule has 0 aliphatic heterocycles. The van der Waals surface area contributed by atoms with E-state index >= 15 is 0 Å². The Kier molecular flexibility index (Phi) is 4.03. The first-order valence-electron chi connectivity index (χ1n) is 6.89. The lowest BCUT2D eigenvalue weighted by atomic mass is 9.79. The second kappa shape index (κ2) is 5.47. The fourth-order valence-electron chi connectivity index (χ4n) is 2.07. The van der Waals surface area contributed by atoms with Gasteiger partial charge in [0, 0.05) is 12.5 Å². The van der Waals surface area contributed by atoms with Crippen molar-refractivity contribution in [2.24, 2.45) is 11.3 Å². The van der Waals surface area contributed by atoms with Gasteiger partial charge in [0.15, 0.2) is 5.82 Å². The molecule has 1 aromatic heterocycles. The van der Waals surface area contributed by atoms with Gasteiger partial charge >= 0.3 is 0 Å². The van der Waals surface area contributed by atoms with Gasteiger partial charge in [-0.2, -0.15) is 0 Å². The topological polar surface area (TPSA) is 52.0 Å². The summed E-state index contributed by atoms with van der Waals surface area (Å²) in [5.74, 6) is -0.307. The number of anilines is 1. The summed E-state index contributed by atoms with van der Waals surface area (Å²) >= 11 is 0. The van der Waals surface area contributed by atoms with E-state index in [2.05, 4.69) is 32.9 Å². The second-order valence-corrected chi connectivity index (χ2v) is 6.50. The maximum atomic E-state index is 13.4. The Morgan fingerprint density at radius 1 is 1.19 bits per heavy atom. The third-order valence-corrected chi connectivity index (χ3v) is 3.91. The van der Waals surface area contributed by atoms with Crippen molar-refractivity contribution in [1.29, 1.82) is 0 Å². The van der Waals surface area contributed by atoms with Gasteiger partial charge in [-0.25, -0.2) is 8.78 Å². The number of hydrogen-bond donors (Lipinski definition) is 1. The average Bonchev–Trinajstić information content (AvgIpc) is 2.68. The first-order valence-corrected chi connectivity index (χ1v) is 6.89. The first kappa shape index (κ1) is 15.5. The number of nitrogen functional groups attached to an aromatic ring is 1. The maximum Gasteiger partial charge on any atom is 0.175 e. The molecule has 2 N–H and O–H groups in total. The largest absolute Gasteiger partial charge is 0.380 e.